The lowest BCUT2D eigenvalue weighted by Gasteiger charge is -1.93. The molecular formula is C8H12BrN3. The number of hydrogen-bond acceptors (Lipinski definition) is 2. The molecule has 0 aliphatic heterocycles. The average molecular weight is 230 g/mol. The normalized spacial score (nSPS) is 11.2. The van der Waals surface area contributed by atoms with Gasteiger partial charge in [0.15, 0.2) is 0 Å². The van der Waals surface area contributed by atoms with Gasteiger partial charge in [0.2, 0.25) is 0 Å². The lowest BCUT2D eigenvalue weighted by atomic mass is 10.3. The number of allylic oxidation sites excluding steroid dienone is 1. The van der Waals surface area contributed by atoms with Crippen molar-refractivity contribution in [1.82, 2.24) is 9.78 Å². The predicted molar refractivity (Wildman–Crippen MR) is 55.1 cm³/mol. The maximum Gasteiger partial charge on any atom is 0.128 e. The van der Waals surface area contributed by atoms with Gasteiger partial charge in [0, 0.05) is 17.9 Å². The molecule has 12 heavy (non-hydrogen) atoms. The fourth-order valence-electron chi connectivity index (χ4n) is 0.866. The molecule has 0 aliphatic carbocycles. The first kappa shape index (κ1) is 9.32. The van der Waals surface area contributed by atoms with Gasteiger partial charge < -0.3 is 5.73 Å². The van der Waals surface area contributed by atoms with E-state index in [1.807, 2.05) is 13.1 Å². The molecule has 3 nitrogen and oxygen atoms in total. The van der Waals surface area contributed by atoms with Gasteiger partial charge in [-0.2, -0.15) is 5.10 Å². The Kier molecular flexibility index (Phi) is 3.34. The molecule has 0 fully saturated rings. The van der Waals surface area contributed by atoms with Crippen molar-refractivity contribution >= 4 is 27.8 Å². The highest BCUT2D eigenvalue weighted by atomic mass is 79.9. The van der Waals surface area contributed by atoms with Crippen LogP contribution in [0.1, 0.15) is 12.0 Å². The molecule has 0 amide bonds. The summed E-state index contributed by atoms with van der Waals surface area (Å²) >= 11 is 3.34. The minimum atomic E-state index is 0.709. The Morgan fingerprint density at radius 2 is 2.50 bits per heavy atom. The van der Waals surface area contributed by atoms with Gasteiger partial charge in [-0.15, -0.1) is 0 Å². The van der Waals surface area contributed by atoms with E-state index in [4.69, 9.17) is 5.73 Å². The van der Waals surface area contributed by atoms with E-state index < -0.39 is 0 Å². The second kappa shape index (κ2) is 4.30. The van der Waals surface area contributed by atoms with Gasteiger partial charge in [0.25, 0.3) is 0 Å². The van der Waals surface area contributed by atoms with Crippen molar-refractivity contribution in [3.05, 3.63) is 17.8 Å². The number of nitrogens with two attached hydrogens (primary N) is 1. The fraction of sp³-hybridized carbons (Fsp3) is 0.375. The molecular weight excluding hydrogens is 218 g/mol. The standard InChI is InChI=1S/C8H12BrN3/c1-12-8(10)7(6-11-12)4-2-3-5-9/h2,4,6H,3,5,10H2,1H3. The Labute approximate surface area is 80.4 Å². The molecule has 1 aromatic rings. The zero-order valence-corrected chi connectivity index (χ0v) is 8.58. The van der Waals surface area contributed by atoms with E-state index in [0.29, 0.717) is 5.82 Å². The third kappa shape index (κ3) is 2.11. The van der Waals surface area contributed by atoms with E-state index in [1.165, 1.54) is 0 Å². The average Bonchev–Trinajstić information content (AvgIpc) is 2.36. The van der Waals surface area contributed by atoms with Crippen LogP contribution in [0, 0.1) is 0 Å². The van der Waals surface area contributed by atoms with Gasteiger partial charge in [-0.25, -0.2) is 0 Å². The molecule has 1 aromatic heterocycles. The zero-order chi connectivity index (χ0) is 8.97. The monoisotopic (exact) mass is 229 g/mol. The van der Waals surface area contributed by atoms with Crippen LogP contribution >= 0.6 is 15.9 Å². The number of anilines is 1. The van der Waals surface area contributed by atoms with E-state index in [9.17, 15) is 0 Å². The number of aromatic nitrogens is 2. The van der Waals surface area contributed by atoms with Crippen LogP contribution in [0.5, 0.6) is 0 Å². The summed E-state index contributed by atoms with van der Waals surface area (Å²) in [7, 11) is 1.83. The van der Waals surface area contributed by atoms with Crippen molar-refractivity contribution in [3.63, 3.8) is 0 Å². The van der Waals surface area contributed by atoms with Crippen LogP contribution in [0.25, 0.3) is 6.08 Å². The first-order valence-electron chi connectivity index (χ1n) is 3.75. The number of nitrogens with zero attached hydrogens (tertiary/aromatic N) is 2. The Bertz CT molecular complexity index is 278. The lowest BCUT2D eigenvalue weighted by Crippen LogP contribution is -1.97. The topological polar surface area (TPSA) is 43.8 Å². The molecule has 0 aliphatic rings. The first-order valence-corrected chi connectivity index (χ1v) is 4.88. The predicted octanol–water partition coefficient (Wildman–Crippen LogP) is 1.80. The van der Waals surface area contributed by atoms with Crippen molar-refractivity contribution in [3.8, 4) is 0 Å². The number of nitrogen functional groups attached to an aromatic ring is 1. The molecule has 0 saturated heterocycles. The fourth-order valence-corrected chi connectivity index (χ4v) is 1.13. The van der Waals surface area contributed by atoms with Crippen LogP contribution in [0.15, 0.2) is 12.3 Å². The molecule has 0 bridgehead atoms. The molecule has 0 unspecified atom stereocenters. The second-order valence-corrected chi connectivity index (χ2v) is 3.28. The quantitative estimate of drug-likeness (QED) is 0.804. The molecule has 0 aromatic carbocycles. The van der Waals surface area contributed by atoms with Gasteiger partial charge in [-0.1, -0.05) is 28.1 Å². The zero-order valence-electron chi connectivity index (χ0n) is 7.00. The molecule has 0 spiro atoms. The number of aryl methyl sites for hydroxylation is 1. The summed E-state index contributed by atoms with van der Waals surface area (Å²) in [5.74, 6) is 0.709. The van der Waals surface area contributed by atoms with Crippen LogP contribution in [-0.4, -0.2) is 15.1 Å². The van der Waals surface area contributed by atoms with E-state index >= 15 is 0 Å². The molecule has 1 heterocycles. The van der Waals surface area contributed by atoms with Crippen molar-refractivity contribution in [2.75, 3.05) is 11.1 Å². The molecule has 4 heteroatoms. The summed E-state index contributed by atoms with van der Waals surface area (Å²) in [5, 5.41) is 5.00. The Hall–Kier alpha value is -0.770. The minimum Gasteiger partial charge on any atom is -0.383 e. The Morgan fingerprint density at radius 1 is 1.75 bits per heavy atom. The van der Waals surface area contributed by atoms with Crippen molar-refractivity contribution in [2.45, 2.75) is 6.42 Å². The molecule has 2 N–H and O–H groups in total. The SMILES string of the molecule is Cn1ncc(C=CCCBr)c1N. The highest BCUT2D eigenvalue weighted by Crippen LogP contribution is 2.11. The van der Waals surface area contributed by atoms with Crippen LogP contribution < -0.4 is 5.73 Å². The summed E-state index contributed by atoms with van der Waals surface area (Å²) in [5.41, 5.74) is 6.71. The smallest absolute Gasteiger partial charge is 0.128 e. The summed E-state index contributed by atoms with van der Waals surface area (Å²) in [6.45, 7) is 0. The highest BCUT2D eigenvalue weighted by molar-refractivity contribution is 9.09. The van der Waals surface area contributed by atoms with E-state index in [0.717, 1.165) is 17.3 Å². The number of alkyl halides is 1. The Balaban J connectivity index is 2.69. The summed E-state index contributed by atoms with van der Waals surface area (Å²) in [6.07, 6.45) is 6.83. The van der Waals surface area contributed by atoms with Gasteiger partial charge in [-0.05, 0) is 6.42 Å². The minimum absolute atomic E-state index is 0.709. The number of rotatable bonds is 3. The number of halogens is 1. The van der Waals surface area contributed by atoms with Crippen LogP contribution in [0.4, 0.5) is 5.82 Å². The summed E-state index contributed by atoms with van der Waals surface area (Å²) in [6, 6.07) is 0. The van der Waals surface area contributed by atoms with Crippen molar-refractivity contribution < 1.29 is 0 Å². The van der Waals surface area contributed by atoms with Crippen LogP contribution in [-0.2, 0) is 7.05 Å². The molecule has 0 atom stereocenters. The lowest BCUT2D eigenvalue weighted by molar-refractivity contribution is 0.779. The van der Waals surface area contributed by atoms with Crippen LogP contribution in [0.2, 0.25) is 0 Å². The molecule has 0 saturated carbocycles. The largest absolute Gasteiger partial charge is 0.383 e. The maximum absolute atomic E-state index is 5.72. The second-order valence-electron chi connectivity index (χ2n) is 2.49. The van der Waals surface area contributed by atoms with Gasteiger partial charge in [0.05, 0.1) is 6.20 Å². The highest BCUT2D eigenvalue weighted by Gasteiger charge is 1.98. The van der Waals surface area contributed by atoms with Crippen molar-refractivity contribution in [2.24, 2.45) is 7.05 Å². The molecule has 0 radical (unpaired) electrons. The molecule has 66 valence electrons. The molecule has 1 rings (SSSR count). The van der Waals surface area contributed by atoms with Gasteiger partial charge in [0.1, 0.15) is 5.82 Å². The third-order valence-electron chi connectivity index (χ3n) is 1.59. The summed E-state index contributed by atoms with van der Waals surface area (Å²) in [4.78, 5) is 0. The number of hydrogen-bond donors (Lipinski definition) is 1. The van der Waals surface area contributed by atoms with Gasteiger partial charge in [-0.3, -0.25) is 4.68 Å². The Morgan fingerprint density at radius 3 is 3.00 bits per heavy atom. The van der Waals surface area contributed by atoms with Crippen LogP contribution in [0.3, 0.4) is 0 Å². The summed E-state index contributed by atoms with van der Waals surface area (Å²) < 4.78 is 1.66. The van der Waals surface area contributed by atoms with Gasteiger partial charge >= 0.3 is 0 Å². The van der Waals surface area contributed by atoms with E-state index in [2.05, 4.69) is 27.1 Å². The van der Waals surface area contributed by atoms with E-state index in [-0.39, 0.29) is 0 Å². The third-order valence-corrected chi connectivity index (χ3v) is 2.05. The maximum atomic E-state index is 5.72. The van der Waals surface area contributed by atoms with E-state index in [1.54, 1.807) is 10.9 Å². The van der Waals surface area contributed by atoms with Crippen molar-refractivity contribution in [1.29, 1.82) is 0 Å². The first-order chi connectivity index (χ1) is 5.75.